The predicted molar refractivity (Wildman–Crippen MR) is 66.4 cm³/mol. The standard InChI is InChI=1S/C13H23NO4/c1-9-11(4-7-18-9)14-8-13(17)5-2-10(3-6-13)12(15)16/h9-11,14,17H,2-8H2,1H3,(H,15,16). The molecule has 2 atom stereocenters. The quantitative estimate of drug-likeness (QED) is 0.693. The molecule has 2 unspecified atom stereocenters. The maximum Gasteiger partial charge on any atom is 0.306 e. The van der Waals surface area contributed by atoms with Gasteiger partial charge in [0.1, 0.15) is 0 Å². The zero-order chi connectivity index (χ0) is 13.2. The van der Waals surface area contributed by atoms with E-state index in [2.05, 4.69) is 5.32 Å². The van der Waals surface area contributed by atoms with Crippen molar-refractivity contribution in [3.8, 4) is 0 Å². The number of aliphatic carboxylic acids is 1. The Balaban J connectivity index is 1.77. The summed E-state index contributed by atoms with van der Waals surface area (Å²) >= 11 is 0. The summed E-state index contributed by atoms with van der Waals surface area (Å²) < 4.78 is 5.46. The summed E-state index contributed by atoms with van der Waals surface area (Å²) in [4.78, 5) is 10.9. The molecule has 1 aliphatic carbocycles. The number of aliphatic hydroxyl groups is 1. The lowest BCUT2D eigenvalue weighted by Crippen LogP contribution is -2.48. The third kappa shape index (κ3) is 3.22. The van der Waals surface area contributed by atoms with Crippen molar-refractivity contribution in [1.82, 2.24) is 5.32 Å². The monoisotopic (exact) mass is 257 g/mol. The molecular formula is C13H23NO4. The van der Waals surface area contributed by atoms with Crippen LogP contribution in [0.2, 0.25) is 0 Å². The number of carboxylic acid groups (broad SMARTS) is 1. The number of rotatable bonds is 4. The molecule has 5 nitrogen and oxygen atoms in total. The minimum Gasteiger partial charge on any atom is -0.481 e. The van der Waals surface area contributed by atoms with Crippen molar-refractivity contribution < 1.29 is 19.7 Å². The number of hydrogen-bond acceptors (Lipinski definition) is 4. The summed E-state index contributed by atoms with van der Waals surface area (Å²) in [6.07, 6.45) is 3.46. The summed E-state index contributed by atoms with van der Waals surface area (Å²) in [6.45, 7) is 3.35. The molecule has 1 aliphatic heterocycles. The number of hydrogen-bond donors (Lipinski definition) is 3. The first-order valence-electron chi connectivity index (χ1n) is 6.80. The lowest BCUT2D eigenvalue weighted by atomic mass is 9.78. The number of nitrogens with one attached hydrogen (secondary N) is 1. The van der Waals surface area contributed by atoms with Gasteiger partial charge in [0.15, 0.2) is 0 Å². The summed E-state index contributed by atoms with van der Waals surface area (Å²) in [6, 6.07) is 0.311. The van der Waals surface area contributed by atoms with Crippen molar-refractivity contribution in [2.75, 3.05) is 13.2 Å². The van der Waals surface area contributed by atoms with E-state index < -0.39 is 11.6 Å². The SMILES string of the molecule is CC1OCCC1NCC1(O)CCC(C(=O)O)CC1. The van der Waals surface area contributed by atoms with E-state index in [0.717, 1.165) is 13.0 Å². The average molecular weight is 257 g/mol. The normalized spacial score (nSPS) is 40.9. The molecule has 2 fully saturated rings. The first-order chi connectivity index (χ1) is 8.50. The Morgan fingerprint density at radius 1 is 1.39 bits per heavy atom. The van der Waals surface area contributed by atoms with Gasteiger partial charge in [0.25, 0.3) is 0 Å². The zero-order valence-corrected chi connectivity index (χ0v) is 10.9. The molecule has 0 spiro atoms. The molecule has 2 rings (SSSR count). The van der Waals surface area contributed by atoms with Crippen molar-refractivity contribution in [1.29, 1.82) is 0 Å². The third-order valence-corrected chi connectivity index (χ3v) is 4.34. The Labute approximate surface area is 108 Å². The van der Waals surface area contributed by atoms with Gasteiger partial charge in [-0.2, -0.15) is 0 Å². The average Bonchev–Trinajstić information content (AvgIpc) is 2.73. The summed E-state index contributed by atoms with van der Waals surface area (Å²) in [7, 11) is 0. The van der Waals surface area contributed by atoms with Crippen LogP contribution in [0.4, 0.5) is 0 Å². The van der Waals surface area contributed by atoms with E-state index in [0.29, 0.717) is 38.3 Å². The van der Waals surface area contributed by atoms with Gasteiger partial charge in [-0.05, 0) is 39.0 Å². The Hall–Kier alpha value is -0.650. The summed E-state index contributed by atoms with van der Waals surface area (Å²) in [5.74, 6) is -1.01. The van der Waals surface area contributed by atoms with E-state index >= 15 is 0 Å². The second-order valence-electron chi connectivity index (χ2n) is 5.69. The lowest BCUT2D eigenvalue weighted by molar-refractivity contribution is -0.144. The van der Waals surface area contributed by atoms with E-state index in [1.165, 1.54) is 0 Å². The van der Waals surface area contributed by atoms with E-state index in [-0.39, 0.29) is 12.0 Å². The molecule has 1 saturated carbocycles. The van der Waals surface area contributed by atoms with Gasteiger partial charge in [-0.15, -0.1) is 0 Å². The first kappa shape index (κ1) is 13.8. The van der Waals surface area contributed by atoms with E-state index in [1.54, 1.807) is 0 Å². The van der Waals surface area contributed by atoms with Crippen LogP contribution in [-0.2, 0) is 9.53 Å². The molecule has 0 aromatic carbocycles. The molecule has 3 N–H and O–H groups in total. The molecule has 5 heteroatoms. The molecule has 104 valence electrons. The summed E-state index contributed by atoms with van der Waals surface area (Å²) in [5.41, 5.74) is -0.742. The number of ether oxygens (including phenoxy) is 1. The van der Waals surface area contributed by atoms with Gasteiger partial charge >= 0.3 is 5.97 Å². The van der Waals surface area contributed by atoms with Gasteiger partial charge in [-0.1, -0.05) is 0 Å². The fourth-order valence-corrected chi connectivity index (χ4v) is 2.90. The van der Waals surface area contributed by atoms with Gasteiger partial charge in [0.2, 0.25) is 0 Å². The summed E-state index contributed by atoms with van der Waals surface area (Å²) in [5, 5.41) is 22.7. The maximum atomic E-state index is 10.9. The highest BCUT2D eigenvalue weighted by atomic mass is 16.5. The topological polar surface area (TPSA) is 78.8 Å². The minimum atomic E-state index is -0.742. The van der Waals surface area contributed by atoms with E-state index in [4.69, 9.17) is 9.84 Å². The van der Waals surface area contributed by atoms with Crippen LogP contribution in [0.15, 0.2) is 0 Å². The lowest BCUT2D eigenvalue weighted by Gasteiger charge is -2.36. The maximum absolute atomic E-state index is 10.9. The van der Waals surface area contributed by atoms with Crippen molar-refractivity contribution >= 4 is 5.97 Å². The van der Waals surface area contributed by atoms with E-state index in [9.17, 15) is 9.90 Å². The molecule has 2 aliphatic rings. The first-order valence-corrected chi connectivity index (χ1v) is 6.80. The number of carboxylic acids is 1. The van der Waals surface area contributed by atoms with Crippen molar-refractivity contribution in [2.45, 2.75) is 56.8 Å². The molecule has 1 heterocycles. The molecule has 0 amide bonds. The van der Waals surface area contributed by atoms with Gasteiger partial charge < -0.3 is 20.3 Å². The van der Waals surface area contributed by atoms with Crippen molar-refractivity contribution in [2.24, 2.45) is 5.92 Å². The second kappa shape index (κ2) is 5.55. The van der Waals surface area contributed by atoms with Gasteiger partial charge in [-0.3, -0.25) is 4.79 Å². The van der Waals surface area contributed by atoms with Gasteiger partial charge in [-0.25, -0.2) is 0 Å². The number of carbonyl (C=O) groups is 1. The van der Waals surface area contributed by atoms with Crippen LogP contribution in [-0.4, -0.2) is 47.1 Å². The van der Waals surface area contributed by atoms with Crippen LogP contribution in [0.1, 0.15) is 39.0 Å². The van der Waals surface area contributed by atoms with E-state index in [1.807, 2.05) is 6.92 Å². The molecule has 0 aromatic rings. The smallest absolute Gasteiger partial charge is 0.306 e. The largest absolute Gasteiger partial charge is 0.481 e. The molecule has 1 saturated heterocycles. The van der Waals surface area contributed by atoms with Crippen molar-refractivity contribution in [3.63, 3.8) is 0 Å². The van der Waals surface area contributed by atoms with Crippen LogP contribution in [0, 0.1) is 5.92 Å². The minimum absolute atomic E-state index is 0.198. The highest BCUT2D eigenvalue weighted by Crippen LogP contribution is 2.32. The second-order valence-corrected chi connectivity index (χ2v) is 5.69. The molecule has 0 bridgehead atoms. The fourth-order valence-electron chi connectivity index (χ4n) is 2.90. The van der Waals surface area contributed by atoms with Gasteiger partial charge in [0, 0.05) is 19.2 Å². The predicted octanol–water partition coefficient (Wildman–Crippen LogP) is 0.759. The molecule has 0 radical (unpaired) electrons. The van der Waals surface area contributed by atoms with Crippen molar-refractivity contribution in [3.05, 3.63) is 0 Å². The fraction of sp³-hybridized carbons (Fsp3) is 0.923. The van der Waals surface area contributed by atoms with Crippen LogP contribution in [0.25, 0.3) is 0 Å². The van der Waals surface area contributed by atoms with Crippen LogP contribution in [0.5, 0.6) is 0 Å². The van der Waals surface area contributed by atoms with Crippen LogP contribution >= 0.6 is 0 Å². The Bertz CT molecular complexity index is 299. The molecule has 18 heavy (non-hydrogen) atoms. The van der Waals surface area contributed by atoms with Crippen LogP contribution < -0.4 is 5.32 Å². The highest BCUT2D eigenvalue weighted by molar-refractivity contribution is 5.70. The zero-order valence-electron chi connectivity index (χ0n) is 10.9. The molecular weight excluding hydrogens is 234 g/mol. The van der Waals surface area contributed by atoms with Crippen LogP contribution in [0.3, 0.4) is 0 Å². The Morgan fingerprint density at radius 3 is 2.56 bits per heavy atom. The third-order valence-electron chi connectivity index (χ3n) is 4.34. The molecule has 0 aromatic heterocycles. The Kier molecular flexibility index (Phi) is 4.25. The van der Waals surface area contributed by atoms with Gasteiger partial charge in [0.05, 0.1) is 17.6 Å². The highest BCUT2D eigenvalue weighted by Gasteiger charge is 2.36. The Morgan fingerprint density at radius 2 is 2.06 bits per heavy atom.